The van der Waals surface area contributed by atoms with Gasteiger partial charge in [-0.2, -0.15) is 5.26 Å². The summed E-state index contributed by atoms with van der Waals surface area (Å²) in [6.45, 7) is 4.09. The number of carbonyl (C=O) groups is 1. The van der Waals surface area contributed by atoms with Crippen molar-refractivity contribution in [3.63, 3.8) is 0 Å². The van der Waals surface area contributed by atoms with E-state index in [1.165, 1.54) is 0 Å². The number of aromatic nitrogens is 2. The number of nitrogens with zero attached hydrogens (tertiary/aromatic N) is 5. The predicted molar refractivity (Wildman–Crippen MR) is 145 cm³/mol. The van der Waals surface area contributed by atoms with E-state index in [1.54, 1.807) is 43.8 Å². The monoisotopic (exact) mass is 508 g/mol. The first-order valence-electron chi connectivity index (χ1n) is 12.4. The van der Waals surface area contributed by atoms with Crippen molar-refractivity contribution in [1.82, 2.24) is 20.2 Å². The van der Waals surface area contributed by atoms with E-state index in [9.17, 15) is 10.1 Å². The van der Waals surface area contributed by atoms with E-state index in [0.717, 1.165) is 48.5 Å². The van der Waals surface area contributed by atoms with Crippen molar-refractivity contribution in [2.45, 2.75) is 6.54 Å². The average molecular weight is 509 g/mol. The molecule has 9 nitrogen and oxygen atoms in total. The average Bonchev–Trinajstić information content (AvgIpc) is 2.96. The highest BCUT2D eigenvalue weighted by molar-refractivity contribution is 5.99. The third-order valence-corrected chi connectivity index (χ3v) is 6.57. The van der Waals surface area contributed by atoms with E-state index in [2.05, 4.69) is 38.2 Å². The molecule has 0 spiro atoms. The largest absolute Gasteiger partial charge is 0.497 e. The molecule has 0 saturated carbocycles. The molecule has 5 rings (SSSR count). The highest BCUT2D eigenvalue weighted by atomic mass is 16.5. The molecule has 1 aliphatic rings. The molecule has 1 saturated heterocycles. The van der Waals surface area contributed by atoms with Crippen molar-refractivity contribution in [3.05, 3.63) is 83.7 Å². The minimum atomic E-state index is -0.197. The maximum atomic E-state index is 13.0. The van der Waals surface area contributed by atoms with Gasteiger partial charge in [0.05, 0.1) is 18.2 Å². The number of methoxy groups -OCH3 is 1. The van der Waals surface area contributed by atoms with Gasteiger partial charge in [-0.15, -0.1) is 0 Å². The van der Waals surface area contributed by atoms with E-state index in [1.807, 2.05) is 30.3 Å². The molecule has 0 unspecified atom stereocenters. The summed E-state index contributed by atoms with van der Waals surface area (Å²) in [5.41, 5.74) is 2.53. The predicted octanol–water partition coefficient (Wildman–Crippen LogP) is 3.98. The van der Waals surface area contributed by atoms with Crippen molar-refractivity contribution < 1.29 is 14.3 Å². The maximum Gasteiger partial charge on any atom is 0.251 e. The van der Waals surface area contributed by atoms with E-state index in [0.29, 0.717) is 34.9 Å². The zero-order chi connectivity index (χ0) is 26.5. The van der Waals surface area contributed by atoms with Gasteiger partial charge in [0.15, 0.2) is 0 Å². The number of ether oxygens (including phenoxy) is 2. The van der Waals surface area contributed by atoms with Crippen LogP contribution in [-0.4, -0.2) is 61.1 Å². The van der Waals surface area contributed by atoms with Crippen LogP contribution < -0.4 is 19.7 Å². The molecule has 192 valence electrons. The topological polar surface area (TPSA) is 104 Å². The fourth-order valence-corrected chi connectivity index (χ4v) is 4.39. The number of rotatable bonds is 7. The molecule has 1 aromatic heterocycles. The lowest BCUT2D eigenvalue weighted by Gasteiger charge is -2.33. The van der Waals surface area contributed by atoms with Gasteiger partial charge < -0.3 is 24.6 Å². The number of fused-ring (bicyclic) bond motifs is 1. The smallest absolute Gasteiger partial charge is 0.251 e. The van der Waals surface area contributed by atoms with Crippen LogP contribution in [0.4, 0.5) is 5.82 Å². The quantitative estimate of drug-likeness (QED) is 0.400. The van der Waals surface area contributed by atoms with E-state index in [4.69, 9.17) is 9.47 Å². The lowest BCUT2D eigenvalue weighted by molar-refractivity contribution is 0.0951. The molecule has 1 N–H and O–H groups in total. The van der Waals surface area contributed by atoms with Crippen LogP contribution in [0.5, 0.6) is 17.2 Å². The van der Waals surface area contributed by atoms with Crippen molar-refractivity contribution in [1.29, 1.82) is 5.26 Å². The van der Waals surface area contributed by atoms with Crippen LogP contribution >= 0.6 is 0 Å². The fraction of sp³-hybridized carbons (Fsp3) is 0.241. The number of hydrogen-bond acceptors (Lipinski definition) is 8. The summed E-state index contributed by atoms with van der Waals surface area (Å²) in [6.07, 6.45) is 1.56. The van der Waals surface area contributed by atoms with Crippen molar-refractivity contribution in [3.8, 4) is 23.3 Å². The standard InChI is InChI=1S/C29H28N6O3/c1-34-10-12-35(13-11-34)28-25-9-7-21(15-26(25)32-19-33-28)29(36)31-18-20-4-3-5-24(14-20)38-27-16-23(37-2)8-6-22(27)17-30/h3-9,14-16,19H,10-13,18H2,1-2H3,(H,31,36). The molecular formula is C29H28N6O3. The molecule has 4 aromatic rings. The van der Waals surface area contributed by atoms with Crippen molar-refractivity contribution in [2.24, 2.45) is 0 Å². The summed E-state index contributed by atoms with van der Waals surface area (Å²) < 4.78 is 11.2. The molecule has 9 heteroatoms. The molecule has 1 fully saturated rings. The van der Waals surface area contributed by atoms with Crippen LogP contribution in [0.1, 0.15) is 21.5 Å². The summed E-state index contributed by atoms with van der Waals surface area (Å²) in [4.78, 5) is 26.5. The Morgan fingerprint density at radius 3 is 2.66 bits per heavy atom. The molecule has 0 radical (unpaired) electrons. The third kappa shape index (κ3) is 5.51. The number of anilines is 1. The molecule has 2 heterocycles. The summed E-state index contributed by atoms with van der Waals surface area (Å²) in [6, 6.07) is 20.1. The SMILES string of the molecule is COc1ccc(C#N)c(Oc2cccc(CNC(=O)c3ccc4c(N5CCN(C)CC5)ncnc4c3)c2)c1. The Morgan fingerprint density at radius 2 is 1.87 bits per heavy atom. The van der Waals surface area contributed by atoms with E-state index in [-0.39, 0.29) is 5.91 Å². The first kappa shape index (κ1) is 25.0. The molecule has 1 aliphatic heterocycles. The van der Waals surface area contributed by atoms with Crippen molar-refractivity contribution >= 4 is 22.6 Å². The molecule has 0 atom stereocenters. The van der Waals surface area contributed by atoms with Crippen LogP contribution in [0.25, 0.3) is 10.9 Å². The van der Waals surface area contributed by atoms with Gasteiger partial charge in [-0.3, -0.25) is 4.79 Å². The number of likely N-dealkylation sites (N-methyl/N-ethyl adjacent to an activating group) is 1. The molecule has 1 amide bonds. The molecule has 38 heavy (non-hydrogen) atoms. The van der Waals surface area contributed by atoms with Gasteiger partial charge >= 0.3 is 0 Å². The summed E-state index contributed by atoms with van der Waals surface area (Å²) in [5, 5.41) is 13.3. The Balaban J connectivity index is 1.27. The summed E-state index contributed by atoms with van der Waals surface area (Å²) in [5.74, 6) is 2.27. The highest BCUT2D eigenvalue weighted by Crippen LogP contribution is 2.30. The van der Waals surface area contributed by atoms with Crippen LogP contribution in [-0.2, 0) is 6.54 Å². The lowest BCUT2D eigenvalue weighted by atomic mass is 10.1. The minimum absolute atomic E-state index is 0.197. The lowest BCUT2D eigenvalue weighted by Crippen LogP contribution is -2.44. The van der Waals surface area contributed by atoms with Crippen molar-refractivity contribution in [2.75, 3.05) is 45.2 Å². The zero-order valence-electron chi connectivity index (χ0n) is 21.3. The Hall–Kier alpha value is -4.68. The number of nitriles is 1. The van der Waals surface area contributed by atoms with Gasteiger partial charge in [0.25, 0.3) is 5.91 Å². The van der Waals surface area contributed by atoms with Gasteiger partial charge in [-0.1, -0.05) is 12.1 Å². The van der Waals surface area contributed by atoms with Gasteiger partial charge in [-0.25, -0.2) is 9.97 Å². The van der Waals surface area contributed by atoms with Gasteiger partial charge in [0.2, 0.25) is 0 Å². The number of hydrogen-bond donors (Lipinski definition) is 1. The second kappa shape index (κ2) is 11.2. The van der Waals surface area contributed by atoms with Crippen LogP contribution in [0.15, 0.2) is 67.0 Å². The van der Waals surface area contributed by atoms with Crippen LogP contribution in [0.2, 0.25) is 0 Å². The zero-order valence-corrected chi connectivity index (χ0v) is 21.3. The second-order valence-corrected chi connectivity index (χ2v) is 9.13. The normalized spacial score (nSPS) is 13.7. The van der Waals surface area contributed by atoms with E-state index >= 15 is 0 Å². The number of amides is 1. The molecule has 0 aliphatic carbocycles. The Kier molecular flexibility index (Phi) is 7.33. The van der Waals surface area contributed by atoms with Gasteiger partial charge in [-0.05, 0) is 55.1 Å². The van der Waals surface area contributed by atoms with Crippen LogP contribution in [0, 0.1) is 11.3 Å². The number of nitrogens with one attached hydrogen (secondary N) is 1. The third-order valence-electron chi connectivity index (χ3n) is 6.57. The Bertz CT molecular complexity index is 1510. The summed E-state index contributed by atoms with van der Waals surface area (Å²) in [7, 11) is 3.68. The highest BCUT2D eigenvalue weighted by Gasteiger charge is 2.18. The number of benzene rings is 3. The first-order valence-corrected chi connectivity index (χ1v) is 12.4. The number of carbonyl (C=O) groups excluding carboxylic acids is 1. The van der Waals surface area contributed by atoms with E-state index < -0.39 is 0 Å². The Morgan fingerprint density at radius 1 is 1.03 bits per heavy atom. The molecular weight excluding hydrogens is 480 g/mol. The van der Waals surface area contributed by atoms with Crippen LogP contribution in [0.3, 0.4) is 0 Å². The fourth-order valence-electron chi connectivity index (χ4n) is 4.39. The number of piperazine rings is 1. The molecule has 3 aromatic carbocycles. The molecule has 0 bridgehead atoms. The Labute approximate surface area is 221 Å². The van der Waals surface area contributed by atoms with Gasteiger partial charge in [0, 0.05) is 49.7 Å². The van der Waals surface area contributed by atoms with Gasteiger partial charge in [0.1, 0.15) is 35.5 Å². The minimum Gasteiger partial charge on any atom is -0.497 e. The summed E-state index contributed by atoms with van der Waals surface area (Å²) >= 11 is 0. The maximum absolute atomic E-state index is 13.0. The first-order chi connectivity index (χ1) is 18.5. The second-order valence-electron chi connectivity index (χ2n) is 9.13.